The Bertz CT molecular complexity index is 439. The van der Waals surface area contributed by atoms with Gasteiger partial charge in [0.25, 0.3) is 0 Å². The number of furan rings is 1. The predicted octanol–water partition coefficient (Wildman–Crippen LogP) is 1.83. The summed E-state index contributed by atoms with van der Waals surface area (Å²) < 4.78 is 30.9. The van der Waals surface area contributed by atoms with Crippen molar-refractivity contribution in [2.24, 2.45) is 0 Å². The fourth-order valence-corrected chi connectivity index (χ4v) is 2.33. The van der Waals surface area contributed by atoms with Crippen molar-refractivity contribution < 1.29 is 12.8 Å². The lowest BCUT2D eigenvalue weighted by Gasteiger charge is -2.03. The molecule has 0 fully saturated rings. The molecule has 0 bridgehead atoms. The van der Waals surface area contributed by atoms with Gasteiger partial charge in [-0.25, -0.2) is 13.1 Å². The fourth-order valence-electron chi connectivity index (χ4n) is 1.16. The molecule has 17 heavy (non-hydrogen) atoms. The third-order valence-corrected chi connectivity index (χ3v) is 4.33. The Morgan fingerprint density at radius 2 is 2.06 bits per heavy atom. The average molecular weight is 390 g/mol. The van der Waals surface area contributed by atoms with Gasteiger partial charge in [-0.15, -0.1) is 0 Å². The molecule has 1 rings (SSSR count). The van der Waals surface area contributed by atoms with E-state index in [1.807, 2.05) is 6.07 Å². The molecule has 0 saturated heterocycles. The summed E-state index contributed by atoms with van der Waals surface area (Å²) in [7, 11) is -3.07. The number of halogens is 2. The van der Waals surface area contributed by atoms with Gasteiger partial charge in [0.2, 0.25) is 10.0 Å². The van der Waals surface area contributed by atoms with E-state index in [1.54, 1.807) is 0 Å². The van der Waals surface area contributed by atoms with E-state index >= 15 is 0 Å². The Balaban J connectivity index is 2.12. The molecule has 0 aromatic carbocycles. The van der Waals surface area contributed by atoms with Crippen molar-refractivity contribution in [1.82, 2.24) is 10.0 Å². The fraction of sp³-hybridized carbons (Fsp3) is 0.556. The highest BCUT2D eigenvalue weighted by atomic mass is 79.9. The van der Waals surface area contributed by atoms with Crippen molar-refractivity contribution >= 4 is 41.9 Å². The van der Waals surface area contributed by atoms with Crippen LogP contribution in [-0.2, 0) is 16.6 Å². The first kappa shape index (κ1) is 15.2. The summed E-state index contributed by atoms with van der Waals surface area (Å²) in [4.78, 5) is 0. The van der Waals surface area contributed by atoms with E-state index in [9.17, 15) is 8.42 Å². The van der Waals surface area contributed by atoms with E-state index in [4.69, 9.17) is 4.42 Å². The maximum atomic E-state index is 10.8. The van der Waals surface area contributed by atoms with E-state index in [1.165, 1.54) is 0 Å². The first-order valence-corrected chi connectivity index (χ1v) is 8.45. The third kappa shape index (κ3) is 6.56. The van der Waals surface area contributed by atoms with Crippen LogP contribution in [0.3, 0.4) is 0 Å². The second-order valence-corrected chi connectivity index (χ2v) is 6.94. The highest BCUT2D eigenvalue weighted by Gasteiger charge is 2.05. The molecule has 0 amide bonds. The van der Waals surface area contributed by atoms with Gasteiger partial charge >= 0.3 is 0 Å². The Morgan fingerprint density at radius 1 is 1.35 bits per heavy atom. The van der Waals surface area contributed by atoms with Crippen LogP contribution in [0.4, 0.5) is 0 Å². The zero-order valence-corrected chi connectivity index (χ0v) is 13.3. The van der Waals surface area contributed by atoms with Gasteiger partial charge in [0.05, 0.1) is 17.3 Å². The van der Waals surface area contributed by atoms with Crippen LogP contribution in [0.25, 0.3) is 0 Å². The molecule has 0 aliphatic heterocycles. The highest BCUT2D eigenvalue weighted by Crippen LogP contribution is 2.26. The number of hydrogen-bond donors (Lipinski definition) is 2. The summed E-state index contributed by atoms with van der Waals surface area (Å²) in [5, 5.41) is 3.16. The lowest BCUT2D eigenvalue weighted by Crippen LogP contribution is -2.26. The summed E-state index contributed by atoms with van der Waals surface area (Å²) in [6, 6.07) is 1.88. The van der Waals surface area contributed by atoms with Gasteiger partial charge in [-0.05, 0) is 50.9 Å². The predicted molar refractivity (Wildman–Crippen MR) is 73.3 cm³/mol. The van der Waals surface area contributed by atoms with Gasteiger partial charge in [-0.1, -0.05) is 0 Å². The van der Waals surface area contributed by atoms with Crippen LogP contribution in [0, 0.1) is 0 Å². The van der Waals surface area contributed by atoms with Crippen LogP contribution in [0.1, 0.15) is 12.2 Å². The van der Waals surface area contributed by atoms with Gasteiger partial charge < -0.3 is 9.73 Å². The largest absolute Gasteiger partial charge is 0.452 e. The zero-order chi connectivity index (χ0) is 12.9. The Labute approximate surface area is 118 Å². The Hall–Kier alpha value is 0.110. The minimum atomic E-state index is -3.07. The third-order valence-electron chi connectivity index (χ3n) is 1.89. The zero-order valence-electron chi connectivity index (χ0n) is 9.29. The van der Waals surface area contributed by atoms with E-state index < -0.39 is 10.0 Å². The molecule has 98 valence electrons. The minimum Gasteiger partial charge on any atom is -0.452 e. The van der Waals surface area contributed by atoms with Gasteiger partial charge in [0.15, 0.2) is 4.67 Å². The molecular weight excluding hydrogens is 376 g/mol. The van der Waals surface area contributed by atoms with E-state index in [2.05, 4.69) is 41.9 Å². The maximum absolute atomic E-state index is 10.8. The van der Waals surface area contributed by atoms with E-state index in [0.29, 0.717) is 17.8 Å². The Kier molecular flexibility index (Phi) is 6.14. The number of hydrogen-bond acceptors (Lipinski definition) is 4. The number of rotatable bonds is 7. The molecule has 8 heteroatoms. The van der Waals surface area contributed by atoms with Crippen LogP contribution < -0.4 is 10.0 Å². The van der Waals surface area contributed by atoms with E-state index in [-0.39, 0.29) is 0 Å². The molecule has 0 radical (unpaired) electrons. The molecule has 0 aliphatic rings. The molecule has 0 unspecified atom stereocenters. The minimum absolute atomic E-state index is 0.442. The standard InChI is InChI=1S/C9H14Br2N2O3S/c1-17(14,15)13-4-2-3-12-6-7-5-8(10)9(11)16-7/h5,12-13H,2-4,6H2,1H3. The van der Waals surface area contributed by atoms with Gasteiger partial charge in [0.1, 0.15) is 5.76 Å². The monoisotopic (exact) mass is 388 g/mol. The summed E-state index contributed by atoms with van der Waals surface area (Å²) >= 11 is 6.58. The molecule has 0 spiro atoms. The normalized spacial score (nSPS) is 11.9. The molecule has 1 aromatic rings. The van der Waals surface area contributed by atoms with Gasteiger partial charge in [-0.2, -0.15) is 0 Å². The van der Waals surface area contributed by atoms with Crippen LogP contribution in [0.15, 0.2) is 19.6 Å². The Morgan fingerprint density at radius 3 is 2.59 bits per heavy atom. The first-order chi connectivity index (χ1) is 7.88. The topological polar surface area (TPSA) is 71.3 Å². The molecule has 1 aromatic heterocycles. The molecule has 0 atom stereocenters. The van der Waals surface area contributed by atoms with Gasteiger partial charge in [0, 0.05) is 6.54 Å². The molecule has 2 N–H and O–H groups in total. The summed E-state index contributed by atoms with van der Waals surface area (Å²) in [6.07, 6.45) is 1.88. The van der Waals surface area contributed by atoms with E-state index in [0.717, 1.165) is 29.5 Å². The average Bonchev–Trinajstić information content (AvgIpc) is 2.50. The van der Waals surface area contributed by atoms with Crippen molar-refractivity contribution in [2.75, 3.05) is 19.3 Å². The van der Waals surface area contributed by atoms with Crippen molar-refractivity contribution in [3.05, 3.63) is 21.0 Å². The second-order valence-electron chi connectivity index (χ2n) is 3.53. The van der Waals surface area contributed by atoms with Gasteiger partial charge in [-0.3, -0.25) is 0 Å². The molecule has 0 aliphatic carbocycles. The van der Waals surface area contributed by atoms with Crippen LogP contribution >= 0.6 is 31.9 Å². The molecule has 1 heterocycles. The van der Waals surface area contributed by atoms with Crippen molar-refractivity contribution in [1.29, 1.82) is 0 Å². The smallest absolute Gasteiger partial charge is 0.208 e. The van der Waals surface area contributed by atoms with Crippen molar-refractivity contribution in [3.63, 3.8) is 0 Å². The molecule has 0 saturated carbocycles. The van der Waals surface area contributed by atoms with Crippen molar-refractivity contribution in [2.45, 2.75) is 13.0 Å². The second kappa shape index (κ2) is 6.89. The highest BCUT2D eigenvalue weighted by molar-refractivity contribution is 9.13. The quantitative estimate of drug-likeness (QED) is 0.698. The van der Waals surface area contributed by atoms with Crippen LogP contribution in [-0.4, -0.2) is 27.8 Å². The first-order valence-electron chi connectivity index (χ1n) is 4.97. The maximum Gasteiger partial charge on any atom is 0.208 e. The lowest BCUT2D eigenvalue weighted by atomic mass is 10.4. The SMILES string of the molecule is CS(=O)(=O)NCCCNCc1cc(Br)c(Br)o1. The number of nitrogens with one attached hydrogen (secondary N) is 2. The number of sulfonamides is 1. The summed E-state index contributed by atoms with van der Waals surface area (Å²) in [6.45, 7) is 1.78. The summed E-state index contributed by atoms with van der Waals surface area (Å²) in [5.74, 6) is 0.819. The molecule has 5 nitrogen and oxygen atoms in total. The lowest BCUT2D eigenvalue weighted by molar-refractivity contribution is 0.463. The molecular formula is C9H14Br2N2O3S. The van der Waals surface area contributed by atoms with Crippen LogP contribution in [0.5, 0.6) is 0 Å². The van der Waals surface area contributed by atoms with Crippen LogP contribution in [0.2, 0.25) is 0 Å². The van der Waals surface area contributed by atoms with Crippen molar-refractivity contribution in [3.8, 4) is 0 Å². The summed E-state index contributed by atoms with van der Waals surface area (Å²) in [5.41, 5.74) is 0.